The van der Waals surface area contributed by atoms with Gasteiger partial charge < -0.3 is 14.8 Å². The fourth-order valence-corrected chi connectivity index (χ4v) is 3.68. The number of hydrogen-bond donors (Lipinski definition) is 1. The van der Waals surface area contributed by atoms with E-state index in [4.69, 9.17) is 27.9 Å². The molecule has 2 aromatic rings. The zero-order valence-electron chi connectivity index (χ0n) is 16.7. The van der Waals surface area contributed by atoms with Crippen LogP contribution in [0, 0.1) is 0 Å². The van der Waals surface area contributed by atoms with Gasteiger partial charge in [0, 0.05) is 25.7 Å². The van der Waals surface area contributed by atoms with Crippen molar-refractivity contribution in [3.8, 4) is 5.75 Å². The molecule has 0 aliphatic carbocycles. The number of halogens is 2. The number of esters is 1. The molecule has 0 bridgehead atoms. The van der Waals surface area contributed by atoms with Crippen LogP contribution in [0.5, 0.6) is 5.75 Å². The maximum atomic E-state index is 12.2. The first-order valence-corrected chi connectivity index (χ1v) is 10.5. The smallest absolute Gasteiger partial charge is 0.337 e. The van der Waals surface area contributed by atoms with Crippen molar-refractivity contribution in [2.45, 2.75) is 25.4 Å². The summed E-state index contributed by atoms with van der Waals surface area (Å²) in [5.74, 6) is -0.0472. The second-order valence-corrected chi connectivity index (χ2v) is 7.99. The number of rotatable bonds is 7. The Morgan fingerprint density at radius 3 is 2.40 bits per heavy atom. The van der Waals surface area contributed by atoms with Crippen LogP contribution in [0.25, 0.3) is 0 Å². The fourth-order valence-electron chi connectivity index (χ4n) is 3.35. The van der Waals surface area contributed by atoms with Gasteiger partial charge in [-0.1, -0.05) is 29.3 Å². The van der Waals surface area contributed by atoms with Crippen molar-refractivity contribution in [3.05, 3.63) is 63.6 Å². The predicted molar refractivity (Wildman–Crippen MR) is 116 cm³/mol. The molecule has 1 fully saturated rings. The van der Waals surface area contributed by atoms with Crippen LogP contribution in [0.4, 0.5) is 0 Å². The lowest BCUT2D eigenvalue weighted by Gasteiger charge is -2.32. The molecule has 1 aliphatic rings. The number of methoxy groups -OCH3 is 1. The molecule has 0 spiro atoms. The van der Waals surface area contributed by atoms with Gasteiger partial charge in [-0.15, -0.1) is 0 Å². The minimum atomic E-state index is -0.412. The molecule has 0 unspecified atom stereocenters. The Morgan fingerprint density at radius 1 is 1.07 bits per heavy atom. The van der Waals surface area contributed by atoms with Crippen molar-refractivity contribution in [2.24, 2.45) is 0 Å². The molecule has 0 saturated carbocycles. The predicted octanol–water partition coefficient (Wildman–Crippen LogP) is 3.94. The highest BCUT2D eigenvalue weighted by Gasteiger charge is 2.21. The maximum absolute atomic E-state index is 12.2. The lowest BCUT2D eigenvalue weighted by Crippen LogP contribution is -2.45. The number of ether oxygens (including phenoxy) is 2. The zero-order chi connectivity index (χ0) is 21.5. The Bertz CT molecular complexity index is 881. The molecule has 1 amide bonds. The lowest BCUT2D eigenvalue weighted by molar-refractivity contribution is -0.124. The topological polar surface area (TPSA) is 67.9 Å². The third-order valence-electron chi connectivity index (χ3n) is 4.99. The molecule has 1 aliphatic heterocycles. The van der Waals surface area contributed by atoms with Gasteiger partial charge in [0.1, 0.15) is 5.75 Å². The minimum Gasteiger partial charge on any atom is -0.484 e. The Kier molecular flexibility index (Phi) is 7.96. The van der Waals surface area contributed by atoms with Crippen LogP contribution in [0.1, 0.15) is 28.8 Å². The quantitative estimate of drug-likeness (QED) is 0.646. The van der Waals surface area contributed by atoms with Gasteiger partial charge in [0.15, 0.2) is 6.61 Å². The minimum absolute atomic E-state index is 0.0684. The van der Waals surface area contributed by atoms with Crippen molar-refractivity contribution in [2.75, 3.05) is 26.8 Å². The van der Waals surface area contributed by atoms with Crippen molar-refractivity contribution in [1.82, 2.24) is 10.2 Å². The van der Waals surface area contributed by atoms with Gasteiger partial charge in [-0.3, -0.25) is 9.69 Å². The fraction of sp³-hybridized carbons (Fsp3) is 0.364. The van der Waals surface area contributed by atoms with E-state index in [1.54, 1.807) is 24.3 Å². The summed E-state index contributed by atoms with van der Waals surface area (Å²) in [6.45, 7) is 2.52. The Morgan fingerprint density at radius 2 is 1.77 bits per heavy atom. The molecule has 1 heterocycles. The van der Waals surface area contributed by atoms with E-state index in [0.29, 0.717) is 21.4 Å². The summed E-state index contributed by atoms with van der Waals surface area (Å²) in [5, 5.41) is 4.15. The number of piperidine rings is 1. The molecule has 30 heavy (non-hydrogen) atoms. The van der Waals surface area contributed by atoms with Gasteiger partial charge in [0.05, 0.1) is 22.7 Å². The molecule has 3 rings (SSSR count). The zero-order valence-corrected chi connectivity index (χ0v) is 18.2. The lowest BCUT2D eigenvalue weighted by atomic mass is 10.0. The highest BCUT2D eigenvalue weighted by atomic mass is 35.5. The number of nitrogens with zero attached hydrogens (tertiary/aromatic N) is 1. The van der Waals surface area contributed by atoms with E-state index in [2.05, 4.69) is 15.0 Å². The van der Waals surface area contributed by atoms with E-state index in [9.17, 15) is 9.59 Å². The summed E-state index contributed by atoms with van der Waals surface area (Å²) in [6, 6.07) is 12.3. The number of carbonyl (C=O) groups excluding carboxylic acids is 2. The second kappa shape index (κ2) is 10.7. The summed E-state index contributed by atoms with van der Waals surface area (Å²) in [4.78, 5) is 26.0. The van der Waals surface area contributed by atoms with Crippen molar-refractivity contribution < 1.29 is 19.1 Å². The van der Waals surface area contributed by atoms with Gasteiger partial charge in [0.2, 0.25) is 0 Å². The Labute approximate surface area is 186 Å². The summed E-state index contributed by atoms with van der Waals surface area (Å²) < 4.78 is 10.2. The molecule has 8 heteroatoms. The molecule has 1 N–H and O–H groups in total. The molecule has 0 aromatic heterocycles. The Balaban J connectivity index is 1.38. The number of carbonyl (C=O) groups is 2. The summed E-state index contributed by atoms with van der Waals surface area (Å²) in [6.07, 6.45) is 1.75. The van der Waals surface area contributed by atoms with Crippen molar-refractivity contribution in [3.63, 3.8) is 0 Å². The molecule has 6 nitrogen and oxygen atoms in total. The normalized spacial score (nSPS) is 14.9. The molecule has 0 atom stereocenters. The number of amides is 1. The van der Waals surface area contributed by atoms with Crippen LogP contribution in [0.3, 0.4) is 0 Å². The van der Waals surface area contributed by atoms with Crippen molar-refractivity contribution in [1.29, 1.82) is 0 Å². The monoisotopic (exact) mass is 450 g/mol. The van der Waals surface area contributed by atoms with Gasteiger partial charge in [-0.25, -0.2) is 4.79 Å². The first-order valence-electron chi connectivity index (χ1n) is 9.71. The van der Waals surface area contributed by atoms with E-state index in [1.165, 1.54) is 7.11 Å². The van der Waals surface area contributed by atoms with Crippen molar-refractivity contribution >= 4 is 35.1 Å². The molecule has 0 radical (unpaired) electrons. The summed E-state index contributed by atoms with van der Waals surface area (Å²) in [5.41, 5.74) is 1.56. The van der Waals surface area contributed by atoms with Gasteiger partial charge in [-0.05, 0) is 54.8 Å². The van der Waals surface area contributed by atoms with Gasteiger partial charge >= 0.3 is 5.97 Å². The third kappa shape index (κ3) is 6.36. The molecular weight excluding hydrogens is 427 g/mol. The van der Waals surface area contributed by atoms with Crippen LogP contribution in [-0.4, -0.2) is 49.6 Å². The number of likely N-dealkylation sites (tertiary alicyclic amines) is 1. The number of benzene rings is 2. The number of hydrogen-bond acceptors (Lipinski definition) is 5. The Hall–Kier alpha value is -2.28. The van der Waals surface area contributed by atoms with E-state index in [-0.39, 0.29) is 18.6 Å². The largest absolute Gasteiger partial charge is 0.484 e. The van der Waals surface area contributed by atoms with E-state index < -0.39 is 5.97 Å². The van der Waals surface area contributed by atoms with Crippen LogP contribution in [-0.2, 0) is 16.1 Å². The summed E-state index contributed by atoms with van der Waals surface area (Å²) in [7, 11) is 1.33. The maximum Gasteiger partial charge on any atom is 0.337 e. The highest BCUT2D eigenvalue weighted by Crippen LogP contribution is 2.24. The molecule has 2 aromatic carbocycles. The van der Waals surface area contributed by atoms with E-state index >= 15 is 0 Å². The van der Waals surface area contributed by atoms with Crippen LogP contribution >= 0.6 is 23.2 Å². The first-order chi connectivity index (χ1) is 14.4. The van der Waals surface area contributed by atoms with Crippen LogP contribution in [0.2, 0.25) is 10.0 Å². The second-order valence-electron chi connectivity index (χ2n) is 7.17. The molecule has 160 valence electrons. The highest BCUT2D eigenvalue weighted by molar-refractivity contribution is 6.42. The third-order valence-corrected chi connectivity index (χ3v) is 5.73. The molecular formula is C22H24Cl2N2O4. The standard InChI is InChI=1S/C22H24Cl2N2O4/c1-29-22(28)16-3-5-18(6-4-16)30-14-21(27)25-17-8-10-26(11-9-17)13-15-2-7-19(23)20(24)12-15/h2-7,12,17H,8-11,13-14H2,1H3,(H,25,27). The summed E-state index contributed by atoms with van der Waals surface area (Å²) >= 11 is 12.1. The average molecular weight is 451 g/mol. The SMILES string of the molecule is COC(=O)c1ccc(OCC(=O)NC2CCN(Cc3ccc(Cl)c(Cl)c3)CC2)cc1. The molecule has 1 saturated heterocycles. The first kappa shape index (κ1) is 22.4. The van der Waals surface area contributed by atoms with Gasteiger partial charge in [0.25, 0.3) is 5.91 Å². The van der Waals surface area contributed by atoms with Crippen LogP contribution < -0.4 is 10.1 Å². The van der Waals surface area contributed by atoms with Crippen LogP contribution in [0.15, 0.2) is 42.5 Å². The van der Waals surface area contributed by atoms with E-state index in [1.807, 2.05) is 18.2 Å². The van der Waals surface area contributed by atoms with Gasteiger partial charge in [-0.2, -0.15) is 0 Å². The average Bonchev–Trinajstić information content (AvgIpc) is 2.76. The number of nitrogens with one attached hydrogen (secondary N) is 1. The van der Waals surface area contributed by atoms with E-state index in [0.717, 1.165) is 38.0 Å².